The summed E-state index contributed by atoms with van der Waals surface area (Å²) in [4.78, 5) is 2.43. The van der Waals surface area contributed by atoms with Crippen LogP contribution in [0.2, 0.25) is 0 Å². The highest BCUT2D eigenvalue weighted by atomic mass is 35.5. The van der Waals surface area contributed by atoms with Gasteiger partial charge >= 0.3 is 0 Å². The molecule has 5 rings (SSSR count). The molecule has 2 heterocycles. The molecule has 0 aliphatic carbocycles. The van der Waals surface area contributed by atoms with Gasteiger partial charge in [-0.15, -0.1) is 12.4 Å². The second-order valence-electron chi connectivity index (χ2n) is 6.64. The summed E-state index contributed by atoms with van der Waals surface area (Å²) in [5.74, 6) is 0. The SMILES string of the molecule is Cl.c1ccc(CN2Cc3cn(-c4ccccc4)nc3-c3ccccc32)cc1. The largest absolute Gasteiger partial charge is 0.362 e. The number of halogens is 1. The Bertz CT molecular complexity index is 1040. The smallest absolute Gasteiger partial charge is 0.0998 e. The second-order valence-corrected chi connectivity index (χ2v) is 6.64. The van der Waals surface area contributed by atoms with E-state index in [-0.39, 0.29) is 12.4 Å². The van der Waals surface area contributed by atoms with Crippen LogP contribution in [-0.4, -0.2) is 9.78 Å². The molecule has 0 atom stereocenters. The van der Waals surface area contributed by atoms with Crippen molar-refractivity contribution >= 4 is 18.1 Å². The number of aromatic nitrogens is 2. The average molecular weight is 374 g/mol. The molecule has 0 unspecified atom stereocenters. The predicted octanol–water partition coefficient (Wildman–Crippen LogP) is 5.48. The summed E-state index contributed by atoms with van der Waals surface area (Å²) in [5.41, 5.74) is 7.23. The summed E-state index contributed by atoms with van der Waals surface area (Å²) in [7, 11) is 0. The van der Waals surface area contributed by atoms with Crippen molar-refractivity contribution in [3.63, 3.8) is 0 Å². The van der Waals surface area contributed by atoms with Crippen LogP contribution < -0.4 is 4.90 Å². The molecule has 1 aliphatic rings. The summed E-state index contributed by atoms with van der Waals surface area (Å²) >= 11 is 0. The summed E-state index contributed by atoms with van der Waals surface area (Å²) in [6, 6.07) is 29.5. The highest BCUT2D eigenvalue weighted by molar-refractivity contribution is 5.85. The lowest BCUT2D eigenvalue weighted by Crippen LogP contribution is -2.25. The molecule has 1 aliphatic heterocycles. The summed E-state index contributed by atoms with van der Waals surface area (Å²) in [6.45, 7) is 1.77. The first-order chi connectivity index (χ1) is 12.9. The van der Waals surface area contributed by atoms with E-state index in [0.29, 0.717) is 0 Å². The van der Waals surface area contributed by atoms with E-state index in [9.17, 15) is 0 Å². The van der Waals surface area contributed by atoms with Gasteiger partial charge in [-0.25, -0.2) is 4.68 Å². The van der Waals surface area contributed by atoms with Crippen molar-refractivity contribution in [2.24, 2.45) is 0 Å². The number of nitrogens with zero attached hydrogens (tertiary/aromatic N) is 3. The summed E-state index contributed by atoms with van der Waals surface area (Å²) in [6.07, 6.45) is 2.17. The topological polar surface area (TPSA) is 21.1 Å². The molecule has 27 heavy (non-hydrogen) atoms. The van der Waals surface area contributed by atoms with Gasteiger partial charge in [-0.1, -0.05) is 66.7 Å². The first-order valence-corrected chi connectivity index (χ1v) is 8.91. The Morgan fingerprint density at radius 3 is 2.22 bits per heavy atom. The molecule has 1 aromatic heterocycles. The molecule has 0 fully saturated rings. The van der Waals surface area contributed by atoms with Crippen molar-refractivity contribution in [1.29, 1.82) is 0 Å². The van der Waals surface area contributed by atoms with E-state index >= 15 is 0 Å². The van der Waals surface area contributed by atoms with Gasteiger partial charge in [0.15, 0.2) is 0 Å². The number of para-hydroxylation sites is 2. The maximum atomic E-state index is 4.89. The Kier molecular flexibility index (Phi) is 4.69. The lowest BCUT2D eigenvalue weighted by atomic mass is 9.99. The average Bonchev–Trinajstić information content (AvgIpc) is 3.14. The van der Waals surface area contributed by atoms with E-state index in [2.05, 4.69) is 77.8 Å². The fraction of sp³-hybridized carbons (Fsp3) is 0.0870. The summed E-state index contributed by atoms with van der Waals surface area (Å²) < 4.78 is 1.99. The Labute approximate surface area is 165 Å². The molecular weight excluding hydrogens is 354 g/mol. The Morgan fingerprint density at radius 1 is 0.778 bits per heavy atom. The van der Waals surface area contributed by atoms with Crippen LogP contribution in [0.4, 0.5) is 5.69 Å². The van der Waals surface area contributed by atoms with E-state index in [1.54, 1.807) is 0 Å². The monoisotopic (exact) mass is 373 g/mol. The van der Waals surface area contributed by atoms with E-state index in [1.165, 1.54) is 22.4 Å². The molecule has 0 radical (unpaired) electrons. The van der Waals surface area contributed by atoms with E-state index in [4.69, 9.17) is 5.10 Å². The molecule has 0 amide bonds. The molecule has 0 bridgehead atoms. The van der Waals surface area contributed by atoms with Crippen molar-refractivity contribution < 1.29 is 0 Å². The minimum Gasteiger partial charge on any atom is -0.362 e. The summed E-state index contributed by atoms with van der Waals surface area (Å²) in [5, 5.41) is 4.89. The van der Waals surface area contributed by atoms with Gasteiger partial charge < -0.3 is 4.90 Å². The normalized spacial score (nSPS) is 12.1. The van der Waals surface area contributed by atoms with Crippen LogP contribution in [0, 0.1) is 0 Å². The van der Waals surface area contributed by atoms with Crippen molar-refractivity contribution in [3.8, 4) is 16.9 Å². The minimum absolute atomic E-state index is 0. The zero-order chi connectivity index (χ0) is 17.3. The van der Waals surface area contributed by atoms with Crippen molar-refractivity contribution in [1.82, 2.24) is 9.78 Å². The van der Waals surface area contributed by atoms with Gasteiger partial charge in [0.2, 0.25) is 0 Å². The molecule has 0 saturated carbocycles. The molecule has 3 aromatic carbocycles. The van der Waals surface area contributed by atoms with Crippen LogP contribution in [0.3, 0.4) is 0 Å². The number of fused-ring (bicyclic) bond motifs is 3. The van der Waals surface area contributed by atoms with Crippen LogP contribution in [0.1, 0.15) is 11.1 Å². The Hall–Kier alpha value is -3.04. The third kappa shape index (κ3) is 3.22. The van der Waals surface area contributed by atoms with Crippen molar-refractivity contribution in [2.45, 2.75) is 13.1 Å². The first-order valence-electron chi connectivity index (χ1n) is 8.91. The fourth-order valence-corrected chi connectivity index (χ4v) is 3.65. The van der Waals surface area contributed by atoms with Crippen LogP contribution in [0.15, 0.2) is 91.1 Å². The predicted molar refractivity (Wildman–Crippen MR) is 113 cm³/mol. The second kappa shape index (κ2) is 7.29. The van der Waals surface area contributed by atoms with Gasteiger partial charge in [0, 0.05) is 36.1 Å². The minimum atomic E-state index is 0. The molecule has 0 spiro atoms. The van der Waals surface area contributed by atoms with E-state index < -0.39 is 0 Å². The Morgan fingerprint density at radius 2 is 1.44 bits per heavy atom. The lowest BCUT2D eigenvalue weighted by Gasteiger charge is -2.30. The van der Waals surface area contributed by atoms with Crippen LogP contribution in [0.25, 0.3) is 16.9 Å². The third-order valence-electron chi connectivity index (χ3n) is 4.89. The first kappa shape index (κ1) is 17.4. The highest BCUT2D eigenvalue weighted by Crippen LogP contribution is 2.39. The molecule has 134 valence electrons. The Balaban J connectivity index is 0.00000180. The van der Waals surface area contributed by atoms with E-state index in [1.807, 2.05) is 22.9 Å². The van der Waals surface area contributed by atoms with Gasteiger partial charge in [-0.05, 0) is 23.8 Å². The van der Waals surface area contributed by atoms with Gasteiger partial charge in [-0.2, -0.15) is 5.10 Å². The number of benzene rings is 3. The number of rotatable bonds is 3. The third-order valence-corrected chi connectivity index (χ3v) is 4.89. The molecule has 4 aromatic rings. The van der Waals surface area contributed by atoms with Gasteiger partial charge in [0.25, 0.3) is 0 Å². The maximum absolute atomic E-state index is 4.89. The highest BCUT2D eigenvalue weighted by Gasteiger charge is 2.25. The molecule has 0 saturated heterocycles. The van der Waals surface area contributed by atoms with Crippen LogP contribution in [-0.2, 0) is 13.1 Å². The molecule has 3 nitrogen and oxygen atoms in total. The van der Waals surface area contributed by atoms with Gasteiger partial charge in [0.1, 0.15) is 0 Å². The standard InChI is InChI=1S/C23H19N3.ClH/c1-3-9-18(10-4-1)15-25-16-19-17-26(20-11-5-2-6-12-20)24-23(19)21-13-7-8-14-22(21)25;/h1-14,17H,15-16H2;1H. The van der Waals surface area contributed by atoms with Crippen molar-refractivity contribution in [2.75, 3.05) is 4.90 Å². The fourth-order valence-electron chi connectivity index (χ4n) is 3.65. The quantitative estimate of drug-likeness (QED) is 0.474. The number of hydrogen-bond acceptors (Lipinski definition) is 2. The van der Waals surface area contributed by atoms with Gasteiger partial charge in [-0.3, -0.25) is 0 Å². The lowest BCUT2D eigenvalue weighted by molar-refractivity contribution is 0.792. The molecule has 4 heteroatoms. The van der Waals surface area contributed by atoms with Crippen LogP contribution in [0.5, 0.6) is 0 Å². The molecule has 0 N–H and O–H groups in total. The maximum Gasteiger partial charge on any atom is 0.0998 e. The number of anilines is 1. The number of hydrogen-bond donors (Lipinski definition) is 0. The van der Waals surface area contributed by atoms with E-state index in [0.717, 1.165) is 24.5 Å². The zero-order valence-corrected chi connectivity index (χ0v) is 15.6. The van der Waals surface area contributed by atoms with Crippen LogP contribution >= 0.6 is 12.4 Å². The van der Waals surface area contributed by atoms with Crippen molar-refractivity contribution in [3.05, 3.63) is 102 Å². The van der Waals surface area contributed by atoms with Gasteiger partial charge in [0.05, 0.1) is 11.4 Å². The molecular formula is C23H20ClN3. The zero-order valence-electron chi connectivity index (χ0n) is 14.8.